The Balaban J connectivity index is 1.84. The monoisotopic (exact) mass is 455 g/mol. The smallest absolute Gasteiger partial charge is 0.290 e. The highest BCUT2D eigenvalue weighted by atomic mass is 35.5. The van der Waals surface area contributed by atoms with Crippen LogP contribution in [0.2, 0.25) is 5.02 Å². The van der Waals surface area contributed by atoms with Crippen LogP contribution in [0.5, 0.6) is 5.75 Å². The Morgan fingerprint density at radius 1 is 1.22 bits per heavy atom. The van der Waals surface area contributed by atoms with Gasteiger partial charge in [0.2, 0.25) is 5.78 Å². The molecule has 0 bridgehead atoms. The Labute approximate surface area is 189 Å². The SMILES string of the molecule is COCCN1C(=O)C(O)=C(C(=O)c2cc3cc(Cl)cc(OC)c3o2)C1c1ccccc1C. The molecule has 1 N–H and O–H groups in total. The number of aliphatic hydroxyl groups excluding tert-OH is 1. The first-order valence-electron chi connectivity index (χ1n) is 9.97. The van der Waals surface area contributed by atoms with Crippen molar-refractivity contribution in [2.45, 2.75) is 13.0 Å². The molecule has 1 atom stereocenters. The van der Waals surface area contributed by atoms with Crippen LogP contribution in [-0.2, 0) is 9.53 Å². The average molecular weight is 456 g/mol. The lowest BCUT2D eigenvalue weighted by molar-refractivity contribution is -0.130. The van der Waals surface area contributed by atoms with Crippen molar-refractivity contribution in [2.75, 3.05) is 27.4 Å². The van der Waals surface area contributed by atoms with E-state index in [0.717, 1.165) is 11.1 Å². The molecule has 0 spiro atoms. The van der Waals surface area contributed by atoms with Crippen LogP contribution < -0.4 is 4.74 Å². The summed E-state index contributed by atoms with van der Waals surface area (Å²) in [5.74, 6) is -1.45. The van der Waals surface area contributed by atoms with Crippen molar-refractivity contribution in [2.24, 2.45) is 0 Å². The number of Topliss-reactive ketones (excluding diaryl/α,β-unsaturated/α-hetero) is 1. The maximum atomic E-state index is 13.6. The van der Waals surface area contributed by atoms with E-state index in [1.54, 1.807) is 12.1 Å². The Morgan fingerprint density at radius 2 is 1.97 bits per heavy atom. The van der Waals surface area contributed by atoms with Gasteiger partial charge in [-0.25, -0.2) is 0 Å². The number of ether oxygens (including phenoxy) is 2. The summed E-state index contributed by atoms with van der Waals surface area (Å²) in [6.45, 7) is 2.35. The number of rotatable bonds is 7. The number of ketones is 1. The van der Waals surface area contributed by atoms with Crippen molar-refractivity contribution in [1.82, 2.24) is 4.90 Å². The molecule has 4 rings (SSSR count). The number of halogens is 1. The van der Waals surface area contributed by atoms with Gasteiger partial charge in [-0.3, -0.25) is 9.59 Å². The molecule has 7 nitrogen and oxygen atoms in total. The van der Waals surface area contributed by atoms with Gasteiger partial charge in [-0.1, -0.05) is 35.9 Å². The van der Waals surface area contributed by atoms with Gasteiger partial charge in [0.25, 0.3) is 5.91 Å². The van der Waals surface area contributed by atoms with Gasteiger partial charge in [0.15, 0.2) is 22.9 Å². The predicted molar refractivity (Wildman–Crippen MR) is 119 cm³/mol. The standard InChI is InChI=1S/C24H22ClNO6/c1-13-6-4-5-7-16(13)20-19(22(28)24(29)26(20)8-9-30-2)21(27)17-11-14-10-15(25)12-18(31-3)23(14)32-17/h4-7,10-12,20,28H,8-9H2,1-3H3. The normalized spacial score (nSPS) is 16.3. The molecule has 0 fully saturated rings. The number of nitrogens with zero attached hydrogens (tertiary/aromatic N) is 1. The molecule has 1 unspecified atom stereocenters. The minimum atomic E-state index is -0.773. The van der Waals surface area contributed by atoms with Crippen molar-refractivity contribution in [3.05, 3.63) is 75.7 Å². The molecule has 1 aliphatic heterocycles. The van der Waals surface area contributed by atoms with Crippen LogP contribution in [0.3, 0.4) is 0 Å². The van der Waals surface area contributed by atoms with Crippen LogP contribution in [0.15, 0.2) is 58.2 Å². The van der Waals surface area contributed by atoms with Gasteiger partial charge in [0.05, 0.1) is 25.3 Å². The fourth-order valence-corrected chi connectivity index (χ4v) is 4.22. The number of furan rings is 1. The summed E-state index contributed by atoms with van der Waals surface area (Å²) in [5, 5.41) is 11.7. The number of methoxy groups -OCH3 is 2. The minimum Gasteiger partial charge on any atom is -0.503 e. The number of hydrogen-bond acceptors (Lipinski definition) is 6. The van der Waals surface area contributed by atoms with E-state index in [1.165, 1.54) is 25.2 Å². The molecule has 166 valence electrons. The summed E-state index contributed by atoms with van der Waals surface area (Å²) >= 11 is 6.13. The third-order valence-electron chi connectivity index (χ3n) is 5.56. The first-order chi connectivity index (χ1) is 15.4. The van der Waals surface area contributed by atoms with Crippen LogP contribution in [0.25, 0.3) is 11.0 Å². The van der Waals surface area contributed by atoms with Gasteiger partial charge in [-0.05, 0) is 30.2 Å². The summed E-state index contributed by atoms with van der Waals surface area (Å²) in [6.07, 6.45) is 0. The van der Waals surface area contributed by atoms with Crippen LogP contribution >= 0.6 is 11.6 Å². The molecular formula is C24H22ClNO6. The molecule has 1 aliphatic rings. The van der Waals surface area contributed by atoms with Gasteiger partial charge in [-0.2, -0.15) is 0 Å². The van der Waals surface area contributed by atoms with Crippen molar-refractivity contribution >= 4 is 34.3 Å². The quantitative estimate of drug-likeness (QED) is 0.522. The van der Waals surface area contributed by atoms with E-state index in [-0.39, 0.29) is 24.5 Å². The highest BCUT2D eigenvalue weighted by Crippen LogP contribution is 2.41. The third-order valence-corrected chi connectivity index (χ3v) is 5.78. The molecule has 2 aromatic carbocycles. The fourth-order valence-electron chi connectivity index (χ4n) is 4.00. The first kappa shape index (κ1) is 21.9. The van der Waals surface area contributed by atoms with Crippen LogP contribution in [0, 0.1) is 6.92 Å². The summed E-state index contributed by atoms with van der Waals surface area (Å²) in [4.78, 5) is 27.9. The molecule has 8 heteroatoms. The number of hydrogen-bond donors (Lipinski definition) is 1. The van der Waals surface area contributed by atoms with Gasteiger partial charge in [-0.15, -0.1) is 0 Å². The molecule has 1 aromatic heterocycles. The van der Waals surface area contributed by atoms with Gasteiger partial charge >= 0.3 is 0 Å². The second-order valence-electron chi connectivity index (χ2n) is 7.48. The number of benzene rings is 2. The maximum Gasteiger partial charge on any atom is 0.290 e. The van der Waals surface area contributed by atoms with Crippen LogP contribution in [0.4, 0.5) is 0 Å². The van der Waals surface area contributed by atoms with Crippen LogP contribution in [-0.4, -0.2) is 49.1 Å². The number of aryl methyl sites for hydroxylation is 1. The number of aliphatic hydroxyl groups is 1. The van der Waals surface area contributed by atoms with E-state index in [0.29, 0.717) is 21.7 Å². The molecule has 1 amide bonds. The second kappa shape index (κ2) is 8.68. The predicted octanol–water partition coefficient (Wildman–Crippen LogP) is 4.63. The highest BCUT2D eigenvalue weighted by Gasteiger charge is 2.44. The Hall–Kier alpha value is -3.29. The summed E-state index contributed by atoms with van der Waals surface area (Å²) < 4.78 is 16.2. The van der Waals surface area contributed by atoms with Gasteiger partial charge < -0.3 is 23.9 Å². The third kappa shape index (κ3) is 3.63. The van der Waals surface area contributed by atoms with E-state index in [1.807, 2.05) is 31.2 Å². The summed E-state index contributed by atoms with van der Waals surface area (Å²) in [6, 6.07) is 11.4. The molecule has 3 aromatic rings. The number of carbonyl (C=O) groups is 2. The minimum absolute atomic E-state index is 0.0258. The average Bonchev–Trinajstić information content (AvgIpc) is 3.31. The number of carbonyl (C=O) groups excluding carboxylic acids is 2. The zero-order valence-corrected chi connectivity index (χ0v) is 18.6. The molecule has 0 aliphatic carbocycles. The number of fused-ring (bicyclic) bond motifs is 1. The van der Waals surface area contributed by atoms with Gasteiger partial charge in [0.1, 0.15) is 0 Å². The van der Waals surface area contributed by atoms with E-state index < -0.39 is 23.5 Å². The molecule has 0 radical (unpaired) electrons. The lowest BCUT2D eigenvalue weighted by Crippen LogP contribution is -2.34. The maximum absolute atomic E-state index is 13.6. The summed E-state index contributed by atoms with van der Waals surface area (Å²) in [7, 11) is 3.00. The topological polar surface area (TPSA) is 89.2 Å². The molecular weight excluding hydrogens is 434 g/mol. The molecule has 0 saturated carbocycles. The lowest BCUT2D eigenvalue weighted by atomic mass is 9.92. The lowest BCUT2D eigenvalue weighted by Gasteiger charge is -2.27. The van der Waals surface area contributed by atoms with Crippen molar-refractivity contribution in [3.63, 3.8) is 0 Å². The number of amides is 1. The van der Waals surface area contributed by atoms with Crippen molar-refractivity contribution < 1.29 is 28.6 Å². The van der Waals surface area contributed by atoms with E-state index in [4.69, 9.17) is 25.5 Å². The zero-order chi connectivity index (χ0) is 23.0. The van der Waals surface area contributed by atoms with Crippen molar-refractivity contribution in [3.8, 4) is 5.75 Å². The highest BCUT2D eigenvalue weighted by molar-refractivity contribution is 6.31. The largest absolute Gasteiger partial charge is 0.503 e. The molecule has 0 saturated heterocycles. The first-order valence-corrected chi connectivity index (χ1v) is 10.4. The Kier molecular flexibility index (Phi) is 5.95. The molecule has 32 heavy (non-hydrogen) atoms. The van der Waals surface area contributed by atoms with Crippen molar-refractivity contribution in [1.29, 1.82) is 0 Å². The molecule has 2 heterocycles. The Bertz CT molecular complexity index is 1240. The van der Waals surface area contributed by atoms with Crippen LogP contribution in [0.1, 0.15) is 27.7 Å². The summed E-state index contributed by atoms with van der Waals surface area (Å²) in [5.41, 5.74) is 1.93. The Morgan fingerprint density at radius 3 is 2.66 bits per heavy atom. The zero-order valence-electron chi connectivity index (χ0n) is 17.8. The second-order valence-corrected chi connectivity index (χ2v) is 7.92. The van der Waals surface area contributed by atoms with E-state index in [9.17, 15) is 14.7 Å². The van der Waals surface area contributed by atoms with E-state index in [2.05, 4.69) is 0 Å². The fraction of sp³-hybridized carbons (Fsp3) is 0.250. The van der Waals surface area contributed by atoms with Gasteiger partial charge in [0, 0.05) is 30.1 Å². The van der Waals surface area contributed by atoms with E-state index >= 15 is 0 Å².